The molecule has 0 saturated carbocycles. The fourth-order valence-electron chi connectivity index (χ4n) is 3.93. The van der Waals surface area contributed by atoms with Crippen LogP contribution in [0.2, 0.25) is 0 Å². The number of nitrogens with one attached hydrogen (secondary N) is 1. The second-order valence-electron chi connectivity index (χ2n) is 8.46. The summed E-state index contributed by atoms with van der Waals surface area (Å²) >= 11 is 1.53. The third-order valence-corrected chi connectivity index (χ3v) is 7.08. The molecule has 0 aliphatic rings. The maximum atomic E-state index is 13.5. The molecule has 1 atom stereocenters. The summed E-state index contributed by atoms with van der Waals surface area (Å²) in [6, 6.07) is 13.1. The second-order valence-corrected chi connectivity index (χ2v) is 9.35. The number of carbonyl (C=O) groups excluding carboxylic acids is 2. The number of hydrogen-bond donors (Lipinski definition) is 1. The lowest BCUT2D eigenvalue weighted by Gasteiger charge is -2.23. The number of anilines is 1. The number of ether oxygens (including phenoxy) is 1. The highest BCUT2D eigenvalue weighted by molar-refractivity contribution is 7.09. The summed E-state index contributed by atoms with van der Waals surface area (Å²) in [5.41, 5.74) is 4.24. The highest BCUT2D eigenvalue weighted by atomic mass is 32.1. The number of nitrogens with zero attached hydrogens (tertiary/aromatic N) is 4. The van der Waals surface area contributed by atoms with Crippen LogP contribution < -0.4 is 5.32 Å². The average Bonchev–Trinajstić information content (AvgIpc) is 3.45. The van der Waals surface area contributed by atoms with Gasteiger partial charge in [0, 0.05) is 43.4 Å². The number of aromatic nitrogens is 3. The topological polar surface area (TPSA) is 89.3 Å². The van der Waals surface area contributed by atoms with Crippen LogP contribution in [0.3, 0.4) is 0 Å². The van der Waals surface area contributed by atoms with Crippen LogP contribution in [-0.4, -0.2) is 52.0 Å². The number of imidazole rings is 1. The van der Waals surface area contributed by atoms with Crippen LogP contribution in [-0.2, 0) is 16.6 Å². The van der Waals surface area contributed by atoms with Gasteiger partial charge in [-0.05, 0) is 26.0 Å². The van der Waals surface area contributed by atoms with E-state index >= 15 is 0 Å². The number of hydrogen-bond acceptors (Lipinski definition) is 6. The van der Waals surface area contributed by atoms with Gasteiger partial charge in [0.1, 0.15) is 10.8 Å². The number of carbonyl (C=O) groups is 2. The van der Waals surface area contributed by atoms with Crippen molar-refractivity contribution in [3.8, 4) is 11.4 Å². The Labute approximate surface area is 208 Å². The molecule has 0 saturated heterocycles. The van der Waals surface area contributed by atoms with E-state index in [1.807, 2.05) is 61.2 Å². The maximum absolute atomic E-state index is 13.5. The number of benzene rings is 2. The zero-order valence-electron chi connectivity index (χ0n) is 20.5. The molecule has 1 N–H and O–H groups in total. The van der Waals surface area contributed by atoms with Crippen LogP contribution >= 0.6 is 11.3 Å². The first-order chi connectivity index (χ1) is 16.8. The zero-order chi connectivity index (χ0) is 25.1. The third-order valence-electron chi connectivity index (χ3n) is 5.95. The number of rotatable bonds is 8. The maximum Gasteiger partial charge on any atom is 0.254 e. The minimum absolute atomic E-state index is 0.174. The van der Waals surface area contributed by atoms with Gasteiger partial charge < -0.3 is 19.5 Å². The van der Waals surface area contributed by atoms with E-state index in [-0.39, 0.29) is 24.3 Å². The Bertz CT molecular complexity index is 1360. The molecule has 2 amide bonds. The highest BCUT2D eigenvalue weighted by Gasteiger charge is 2.24. The molecule has 2 aromatic carbocycles. The van der Waals surface area contributed by atoms with Gasteiger partial charge in [-0.3, -0.25) is 9.59 Å². The Morgan fingerprint density at radius 1 is 1.20 bits per heavy atom. The first-order valence-electron chi connectivity index (χ1n) is 11.3. The van der Waals surface area contributed by atoms with Crippen LogP contribution in [0.1, 0.15) is 40.4 Å². The Balaban J connectivity index is 1.77. The molecule has 0 fully saturated rings. The van der Waals surface area contributed by atoms with Gasteiger partial charge in [-0.2, -0.15) is 0 Å². The van der Waals surface area contributed by atoms with Crippen molar-refractivity contribution in [2.75, 3.05) is 26.1 Å². The van der Waals surface area contributed by atoms with Gasteiger partial charge in [0.2, 0.25) is 5.91 Å². The fraction of sp³-hybridized carbons (Fsp3) is 0.308. The van der Waals surface area contributed by atoms with Crippen LogP contribution in [0.15, 0.2) is 47.8 Å². The minimum atomic E-state index is -0.194. The molecule has 0 spiro atoms. The quantitative estimate of drug-likeness (QED) is 0.382. The molecule has 182 valence electrons. The smallest absolute Gasteiger partial charge is 0.254 e. The summed E-state index contributed by atoms with van der Waals surface area (Å²) in [6.07, 6.45) is 0.208. The predicted molar refractivity (Wildman–Crippen MR) is 139 cm³/mol. The van der Waals surface area contributed by atoms with Crippen molar-refractivity contribution in [2.45, 2.75) is 26.3 Å². The highest BCUT2D eigenvalue weighted by Crippen LogP contribution is 2.32. The van der Waals surface area contributed by atoms with Gasteiger partial charge in [-0.1, -0.05) is 30.3 Å². The number of fused-ring (bicyclic) bond motifs is 1. The monoisotopic (exact) mass is 491 g/mol. The van der Waals surface area contributed by atoms with E-state index in [0.29, 0.717) is 23.4 Å². The summed E-state index contributed by atoms with van der Waals surface area (Å²) in [4.78, 5) is 37.1. The molecule has 2 heterocycles. The molecule has 4 rings (SSSR count). The molecular weight excluding hydrogens is 462 g/mol. The number of amides is 2. The van der Waals surface area contributed by atoms with Crippen molar-refractivity contribution in [3.63, 3.8) is 0 Å². The summed E-state index contributed by atoms with van der Waals surface area (Å²) in [5.74, 6) is 0.379. The van der Waals surface area contributed by atoms with Crippen molar-refractivity contribution >= 4 is 39.9 Å². The Kier molecular flexibility index (Phi) is 7.28. The van der Waals surface area contributed by atoms with Gasteiger partial charge in [-0.25, -0.2) is 9.97 Å². The number of aryl methyl sites for hydroxylation is 2. The molecule has 8 nitrogen and oxygen atoms in total. The Hall–Kier alpha value is -3.56. The SMILES string of the molecule is COCCC(=O)Nc1cc(C(=O)N(C)C(C)c2nc(C)cs2)cc2nc(-c3ccccc3)n(C)c12. The molecule has 0 aliphatic carbocycles. The van der Waals surface area contributed by atoms with Crippen molar-refractivity contribution in [1.82, 2.24) is 19.4 Å². The standard InChI is InChI=1S/C26H29N5O3S/c1-16-15-35-25(27-16)17(2)30(3)26(33)19-13-20(28-22(32)11-12-34-5)23-21(14-19)29-24(31(23)4)18-9-7-6-8-10-18/h6-10,13-15,17H,11-12H2,1-5H3,(H,28,32). The summed E-state index contributed by atoms with van der Waals surface area (Å²) in [6.45, 7) is 4.20. The average molecular weight is 492 g/mol. The molecule has 9 heteroatoms. The van der Waals surface area contributed by atoms with Gasteiger partial charge in [0.25, 0.3) is 5.91 Å². The van der Waals surface area contributed by atoms with E-state index in [0.717, 1.165) is 27.6 Å². The van der Waals surface area contributed by atoms with Gasteiger partial charge in [0.05, 0.1) is 35.8 Å². The number of thiazole rings is 1. The van der Waals surface area contributed by atoms with Crippen LogP contribution in [0.4, 0.5) is 5.69 Å². The molecule has 0 bridgehead atoms. The van der Waals surface area contributed by atoms with Crippen molar-refractivity contribution in [1.29, 1.82) is 0 Å². The Morgan fingerprint density at radius 2 is 1.94 bits per heavy atom. The van der Waals surface area contributed by atoms with E-state index in [9.17, 15) is 9.59 Å². The fourth-order valence-corrected chi connectivity index (χ4v) is 4.83. The predicted octanol–water partition coefficient (Wildman–Crippen LogP) is 4.81. The van der Waals surface area contributed by atoms with Crippen molar-refractivity contribution in [3.05, 3.63) is 64.1 Å². The normalized spacial score (nSPS) is 12.0. The lowest BCUT2D eigenvalue weighted by Crippen LogP contribution is -2.29. The minimum Gasteiger partial charge on any atom is -0.384 e. The molecule has 35 heavy (non-hydrogen) atoms. The molecule has 0 aliphatic heterocycles. The van der Waals surface area contributed by atoms with Gasteiger partial charge >= 0.3 is 0 Å². The van der Waals surface area contributed by atoms with E-state index in [4.69, 9.17) is 9.72 Å². The summed E-state index contributed by atoms with van der Waals surface area (Å²) < 4.78 is 6.98. The van der Waals surface area contributed by atoms with Crippen molar-refractivity contribution < 1.29 is 14.3 Å². The van der Waals surface area contributed by atoms with Crippen molar-refractivity contribution in [2.24, 2.45) is 7.05 Å². The lowest BCUT2D eigenvalue weighted by atomic mass is 10.1. The Morgan fingerprint density at radius 3 is 2.60 bits per heavy atom. The van der Waals surface area contributed by atoms with E-state index in [1.54, 1.807) is 31.2 Å². The summed E-state index contributed by atoms with van der Waals surface area (Å²) in [7, 11) is 5.22. The molecular formula is C26H29N5O3S. The summed E-state index contributed by atoms with van der Waals surface area (Å²) in [5, 5.41) is 5.81. The van der Waals surface area contributed by atoms with Crippen LogP contribution in [0.5, 0.6) is 0 Å². The third kappa shape index (κ3) is 5.11. The molecule has 2 aromatic heterocycles. The van der Waals surface area contributed by atoms with Gasteiger partial charge in [0.15, 0.2) is 0 Å². The largest absolute Gasteiger partial charge is 0.384 e. The first kappa shape index (κ1) is 24.6. The van der Waals surface area contributed by atoms with Crippen LogP contribution in [0, 0.1) is 6.92 Å². The van der Waals surface area contributed by atoms with E-state index in [2.05, 4.69) is 10.3 Å². The van der Waals surface area contributed by atoms with E-state index in [1.165, 1.54) is 11.3 Å². The molecule has 4 aromatic rings. The lowest BCUT2D eigenvalue weighted by molar-refractivity contribution is -0.117. The zero-order valence-corrected chi connectivity index (χ0v) is 21.3. The number of methoxy groups -OCH3 is 1. The van der Waals surface area contributed by atoms with Gasteiger partial charge in [-0.15, -0.1) is 11.3 Å². The van der Waals surface area contributed by atoms with E-state index < -0.39 is 0 Å². The molecule has 1 unspecified atom stereocenters. The van der Waals surface area contributed by atoms with Crippen LogP contribution in [0.25, 0.3) is 22.4 Å². The molecule has 0 radical (unpaired) electrons. The first-order valence-corrected chi connectivity index (χ1v) is 12.2. The second kappa shape index (κ2) is 10.4.